The highest BCUT2D eigenvalue weighted by molar-refractivity contribution is 7.86. The summed E-state index contributed by atoms with van der Waals surface area (Å²) in [4.78, 5) is 23.8. The second kappa shape index (κ2) is 7.12. The van der Waals surface area contributed by atoms with E-state index in [0.29, 0.717) is 5.56 Å². The second-order valence-electron chi connectivity index (χ2n) is 5.67. The van der Waals surface area contributed by atoms with Crippen LogP contribution in [0, 0.1) is 0 Å². The van der Waals surface area contributed by atoms with Crippen molar-refractivity contribution in [1.82, 2.24) is 0 Å². The van der Waals surface area contributed by atoms with Crippen LogP contribution in [0.1, 0.15) is 28.9 Å². The Hall–Kier alpha value is -3.33. The van der Waals surface area contributed by atoms with Gasteiger partial charge in [0.05, 0.1) is 1.37 Å². The smallest absolute Gasteiger partial charge is 0.313 e. The summed E-state index contributed by atoms with van der Waals surface area (Å²) in [6, 6.07) is 13.4. The summed E-state index contributed by atoms with van der Waals surface area (Å²) in [5.74, 6) is -3.62. The van der Waals surface area contributed by atoms with Crippen molar-refractivity contribution in [1.29, 1.82) is 0 Å². The van der Waals surface area contributed by atoms with Gasteiger partial charge in [-0.1, -0.05) is 42.5 Å². The molecule has 0 radical (unpaired) electrons. The van der Waals surface area contributed by atoms with Gasteiger partial charge in [-0.05, 0) is 17.7 Å². The molecule has 27 heavy (non-hydrogen) atoms. The predicted molar refractivity (Wildman–Crippen MR) is 95.2 cm³/mol. The largest absolute Gasteiger partial charge is 0.460 e. The molecule has 140 valence electrons. The van der Waals surface area contributed by atoms with Crippen LogP contribution in [0.5, 0.6) is 0 Å². The predicted octanol–water partition coefficient (Wildman–Crippen LogP) is 1.10. The molecule has 0 saturated heterocycles. The summed E-state index contributed by atoms with van der Waals surface area (Å²) >= 11 is 0. The van der Waals surface area contributed by atoms with Gasteiger partial charge in [-0.3, -0.25) is 9.59 Å². The number of hydrogen-bond donors (Lipinski definition) is 2. The van der Waals surface area contributed by atoms with Crippen molar-refractivity contribution in [2.24, 2.45) is 11.5 Å². The Labute approximate surface area is 156 Å². The van der Waals surface area contributed by atoms with Crippen LogP contribution in [0.25, 0.3) is 0 Å². The first-order valence-electron chi connectivity index (χ1n) is 8.22. The van der Waals surface area contributed by atoms with Gasteiger partial charge in [0.15, 0.2) is 6.08 Å². The molecule has 0 unspecified atom stereocenters. The zero-order chi connectivity index (χ0) is 20.5. The molecular formula is C18H16N2O6S. The van der Waals surface area contributed by atoms with Crippen LogP contribution in [0.2, 0.25) is 0 Å². The fourth-order valence-electron chi connectivity index (χ4n) is 2.41. The molecule has 4 N–H and O–H groups in total. The van der Waals surface area contributed by atoms with Gasteiger partial charge in [-0.2, -0.15) is 8.42 Å². The molecule has 2 aromatic carbocycles. The lowest BCUT2D eigenvalue weighted by Gasteiger charge is -2.10. The van der Waals surface area contributed by atoms with Gasteiger partial charge < -0.3 is 20.4 Å². The van der Waals surface area contributed by atoms with Crippen molar-refractivity contribution in [3.05, 3.63) is 82.9 Å². The number of carbonyl (C=O) groups excluding carboxylic acids is 2. The fourth-order valence-corrected chi connectivity index (χ4v) is 3.48. The Morgan fingerprint density at radius 2 is 1.78 bits per heavy atom. The van der Waals surface area contributed by atoms with E-state index in [-0.39, 0.29) is 11.1 Å². The SMILES string of the molecule is [2H][C@@]1(c2ccc(C(N)=O)cc2)OC(N)=C(OS(=O)(=O)Cc2ccccc2)C1=O. The van der Waals surface area contributed by atoms with E-state index in [1.165, 1.54) is 24.3 Å². The summed E-state index contributed by atoms with van der Waals surface area (Å²) in [5, 5.41) is 0. The lowest BCUT2D eigenvalue weighted by atomic mass is 10.0. The Kier molecular flexibility index (Phi) is 4.51. The lowest BCUT2D eigenvalue weighted by molar-refractivity contribution is -0.123. The summed E-state index contributed by atoms with van der Waals surface area (Å²) in [6.07, 6.45) is -2.34. The van der Waals surface area contributed by atoms with Crippen LogP contribution >= 0.6 is 0 Å². The lowest BCUT2D eigenvalue weighted by Crippen LogP contribution is -2.16. The summed E-state index contributed by atoms with van der Waals surface area (Å²) in [5.41, 5.74) is 11.4. The highest BCUT2D eigenvalue weighted by Gasteiger charge is 2.39. The number of ketones is 1. The molecule has 1 aliphatic heterocycles. The summed E-state index contributed by atoms with van der Waals surface area (Å²) in [6.45, 7) is 0. The third kappa shape index (κ3) is 4.09. The van der Waals surface area contributed by atoms with Crippen LogP contribution in [0.3, 0.4) is 0 Å². The maximum absolute atomic E-state index is 12.7. The molecule has 1 atom stereocenters. The van der Waals surface area contributed by atoms with Crippen LogP contribution < -0.4 is 11.5 Å². The number of carbonyl (C=O) groups is 2. The number of ether oxygens (including phenoxy) is 1. The molecule has 0 bridgehead atoms. The standard InChI is InChI=1S/C18H16N2O6S/c19-17(22)13-8-6-12(7-9-13)15-14(21)16(18(20)25-15)26-27(23,24)10-11-4-2-1-3-5-11/h1-9,15H,10,20H2,(H2,19,22)/t15-/m0/s1/i15D. The van der Waals surface area contributed by atoms with E-state index >= 15 is 0 Å². The molecule has 3 rings (SSSR count). The fraction of sp³-hybridized carbons (Fsp3) is 0.111. The van der Waals surface area contributed by atoms with Crippen LogP contribution in [0.4, 0.5) is 0 Å². The number of Topliss-reactive ketones (excluding diaryl/α,β-unsaturated/α-hetero) is 1. The highest BCUT2D eigenvalue weighted by atomic mass is 32.2. The topological polar surface area (TPSA) is 139 Å². The van der Waals surface area contributed by atoms with Gasteiger partial charge in [0.25, 0.3) is 0 Å². The maximum Gasteiger partial charge on any atom is 0.313 e. The van der Waals surface area contributed by atoms with Crippen LogP contribution in [-0.4, -0.2) is 20.1 Å². The molecule has 9 heteroatoms. The molecule has 1 amide bonds. The Balaban J connectivity index is 1.83. The summed E-state index contributed by atoms with van der Waals surface area (Å²) < 4.78 is 42.9. The van der Waals surface area contributed by atoms with Crippen molar-refractivity contribution in [3.8, 4) is 0 Å². The normalized spacial score (nSPS) is 20.1. The molecule has 0 saturated carbocycles. The average molecular weight is 389 g/mol. The minimum absolute atomic E-state index is 0.0320. The van der Waals surface area contributed by atoms with Gasteiger partial charge in [-0.25, -0.2) is 0 Å². The molecule has 0 aliphatic carbocycles. The van der Waals surface area contributed by atoms with Gasteiger partial charge in [0, 0.05) is 11.1 Å². The van der Waals surface area contributed by atoms with Crippen LogP contribution in [0.15, 0.2) is 66.2 Å². The Morgan fingerprint density at radius 3 is 2.37 bits per heavy atom. The van der Waals surface area contributed by atoms with E-state index in [2.05, 4.69) is 0 Å². The van der Waals surface area contributed by atoms with Crippen molar-refractivity contribution in [3.63, 3.8) is 0 Å². The highest BCUT2D eigenvalue weighted by Crippen LogP contribution is 2.32. The third-order valence-electron chi connectivity index (χ3n) is 3.68. The van der Waals surface area contributed by atoms with E-state index in [1.54, 1.807) is 30.3 Å². The van der Waals surface area contributed by atoms with Crippen molar-refractivity contribution < 1.29 is 28.3 Å². The van der Waals surface area contributed by atoms with Gasteiger partial charge in [0.2, 0.25) is 23.3 Å². The molecule has 0 fully saturated rings. The molecule has 8 nitrogen and oxygen atoms in total. The first kappa shape index (κ1) is 17.1. The van der Waals surface area contributed by atoms with Crippen molar-refractivity contribution in [2.45, 2.75) is 11.8 Å². The zero-order valence-electron chi connectivity index (χ0n) is 14.9. The van der Waals surface area contributed by atoms with E-state index in [1.807, 2.05) is 0 Å². The van der Waals surface area contributed by atoms with Gasteiger partial charge in [-0.15, -0.1) is 0 Å². The first-order chi connectivity index (χ1) is 13.1. The minimum atomic E-state index is -4.22. The number of benzene rings is 2. The van der Waals surface area contributed by atoms with E-state index in [4.69, 9.17) is 21.8 Å². The molecule has 1 aliphatic rings. The van der Waals surface area contributed by atoms with Crippen molar-refractivity contribution in [2.75, 3.05) is 0 Å². The zero-order valence-corrected chi connectivity index (χ0v) is 14.7. The number of amides is 1. The van der Waals surface area contributed by atoms with Crippen LogP contribution in [-0.2, 0) is 29.6 Å². The molecule has 2 aromatic rings. The first-order valence-corrected chi connectivity index (χ1v) is 9.30. The quantitative estimate of drug-likeness (QED) is 0.705. The average Bonchev–Trinajstić information content (AvgIpc) is 2.86. The van der Waals surface area contributed by atoms with E-state index < -0.39 is 45.3 Å². The number of rotatable bonds is 6. The van der Waals surface area contributed by atoms with Crippen molar-refractivity contribution >= 4 is 21.8 Å². The monoisotopic (exact) mass is 389 g/mol. The Bertz CT molecular complexity index is 1070. The minimum Gasteiger partial charge on any atom is -0.460 e. The van der Waals surface area contributed by atoms with E-state index in [9.17, 15) is 18.0 Å². The number of nitrogens with two attached hydrogens (primary N) is 2. The van der Waals surface area contributed by atoms with E-state index in [0.717, 1.165) is 0 Å². The molecule has 0 aromatic heterocycles. The maximum atomic E-state index is 12.7. The molecular weight excluding hydrogens is 372 g/mol. The molecule has 0 spiro atoms. The Morgan fingerprint density at radius 1 is 1.15 bits per heavy atom. The molecule has 1 heterocycles. The third-order valence-corrected chi connectivity index (χ3v) is 4.78. The number of primary amides is 1. The second-order valence-corrected chi connectivity index (χ2v) is 7.24. The van der Waals surface area contributed by atoms with Gasteiger partial charge >= 0.3 is 10.1 Å². The van der Waals surface area contributed by atoms with Gasteiger partial charge in [0.1, 0.15) is 5.75 Å². The number of hydrogen-bond acceptors (Lipinski definition) is 7. The summed E-state index contributed by atoms with van der Waals surface area (Å²) in [7, 11) is -4.22.